The number of aromatic amines is 1. The van der Waals surface area contributed by atoms with Crippen molar-refractivity contribution in [3.05, 3.63) is 23.8 Å². The number of nitrogens with one attached hydrogen (secondary N) is 1. The molecule has 11 heteroatoms. The number of piperazine rings is 1. The molecule has 4 heterocycles. The topological polar surface area (TPSA) is 108 Å². The second kappa shape index (κ2) is 7.64. The number of sulfonamides is 1. The van der Waals surface area contributed by atoms with E-state index in [2.05, 4.69) is 30.0 Å². The molecule has 152 valence electrons. The molecular formula is C17H25N7O3S. The van der Waals surface area contributed by atoms with Gasteiger partial charge in [0, 0.05) is 45.3 Å². The molecule has 0 spiro atoms. The molecule has 0 atom stereocenters. The average molecular weight is 408 g/mol. The van der Waals surface area contributed by atoms with Crippen LogP contribution >= 0.6 is 0 Å². The summed E-state index contributed by atoms with van der Waals surface area (Å²) >= 11 is 0. The molecule has 0 bridgehead atoms. The largest absolute Gasteiger partial charge is 0.378 e. The van der Waals surface area contributed by atoms with Gasteiger partial charge >= 0.3 is 0 Å². The van der Waals surface area contributed by atoms with Gasteiger partial charge in [-0.05, 0) is 13.8 Å². The molecule has 2 aromatic heterocycles. The highest BCUT2D eigenvalue weighted by molar-refractivity contribution is 7.89. The lowest BCUT2D eigenvalue weighted by Gasteiger charge is -2.35. The minimum Gasteiger partial charge on any atom is -0.378 e. The molecule has 2 aliphatic heterocycles. The Morgan fingerprint density at radius 3 is 2.14 bits per heavy atom. The van der Waals surface area contributed by atoms with Crippen LogP contribution in [-0.4, -0.2) is 85.4 Å². The van der Waals surface area contributed by atoms with Crippen LogP contribution in [0.5, 0.6) is 0 Å². The fourth-order valence-electron chi connectivity index (χ4n) is 3.68. The van der Waals surface area contributed by atoms with E-state index in [0.717, 1.165) is 24.7 Å². The molecule has 1 N–H and O–H groups in total. The van der Waals surface area contributed by atoms with Gasteiger partial charge in [-0.15, -0.1) is 0 Å². The van der Waals surface area contributed by atoms with E-state index >= 15 is 0 Å². The number of nitrogens with zero attached hydrogens (tertiary/aromatic N) is 6. The number of morpholine rings is 1. The zero-order valence-corrected chi connectivity index (χ0v) is 16.9. The van der Waals surface area contributed by atoms with Crippen LogP contribution in [0, 0.1) is 13.8 Å². The number of rotatable bonds is 4. The highest BCUT2D eigenvalue weighted by Crippen LogP contribution is 2.25. The van der Waals surface area contributed by atoms with Crippen LogP contribution in [0.25, 0.3) is 0 Å². The van der Waals surface area contributed by atoms with E-state index in [0.29, 0.717) is 50.8 Å². The zero-order chi connectivity index (χ0) is 19.7. The number of ether oxygens (including phenoxy) is 1. The first-order valence-electron chi connectivity index (χ1n) is 9.38. The fraction of sp³-hybridized carbons (Fsp3) is 0.588. The third kappa shape index (κ3) is 3.56. The third-order valence-electron chi connectivity index (χ3n) is 5.19. The van der Waals surface area contributed by atoms with Crippen LogP contribution in [0.3, 0.4) is 0 Å². The van der Waals surface area contributed by atoms with Crippen molar-refractivity contribution in [2.24, 2.45) is 0 Å². The highest BCUT2D eigenvalue weighted by atomic mass is 32.2. The summed E-state index contributed by atoms with van der Waals surface area (Å²) in [6, 6.07) is 1.97. The molecule has 2 fully saturated rings. The van der Waals surface area contributed by atoms with Gasteiger partial charge < -0.3 is 14.5 Å². The molecule has 0 saturated carbocycles. The van der Waals surface area contributed by atoms with E-state index in [1.54, 1.807) is 20.2 Å². The monoisotopic (exact) mass is 407 g/mol. The van der Waals surface area contributed by atoms with E-state index in [1.165, 1.54) is 4.31 Å². The number of H-pyrrole nitrogens is 1. The molecule has 0 aliphatic carbocycles. The van der Waals surface area contributed by atoms with Gasteiger partial charge in [0.1, 0.15) is 22.9 Å². The first-order valence-corrected chi connectivity index (χ1v) is 10.8. The van der Waals surface area contributed by atoms with Crippen molar-refractivity contribution in [2.45, 2.75) is 18.7 Å². The molecule has 0 radical (unpaired) electrons. The van der Waals surface area contributed by atoms with Crippen molar-refractivity contribution in [3.63, 3.8) is 0 Å². The minimum atomic E-state index is -3.55. The van der Waals surface area contributed by atoms with Gasteiger partial charge in [-0.25, -0.2) is 18.4 Å². The van der Waals surface area contributed by atoms with Crippen LogP contribution in [0.1, 0.15) is 11.4 Å². The van der Waals surface area contributed by atoms with Crippen molar-refractivity contribution < 1.29 is 13.2 Å². The Hall–Kier alpha value is -2.24. The van der Waals surface area contributed by atoms with Crippen molar-refractivity contribution in [3.8, 4) is 0 Å². The summed E-state index contributed by atoms with van der Waals surface area (Å²) in [4.78, 5) is 13.4. The smallest absolute Gasteiger partial charge is 0.246 e. The lowest BCUT2D eigenvalue weighted by atomic mass is 10.3. The van der Waals surface area contributed by atoms with Gasteiger partial charge in [-0.3, -0.25) is 5.10 Å². The van der Waals surface area contributed by atoms with Crippen molar-refractivity contribution in [1.29, 1.82) is 0 Å². The molecule has 28 heavy (non-hydrogen) atoms. The Morgan fingerprint density at radius 1 is 0.964 bits per heavy atom. The quantitative estimate of drug-likeness (QED) is 0.764. The lowest BCUT2D eigenvalue weighted by molar-refractivity contribution is 0.122. The Kier molecular flexibility index (Phi) is 5.21. The molecule has 2 saturated heterocycles. The summed E-state index contributed by atoms with van der Waals surface area (Å²) in [5.74, 6) is 1.71. The predicted molar refractivity (Wildman–Crippen MR) is 104 cm³/mol. The Bertz CT molecular complexity index is 912. The van der Waals surface area contributed by atoms with Crippen molar-refractivity contribution in [1.82, 2.24) is 24.5 Å². The number of aryl methyl sites for hydroxylation is 2. The van der Waals surface area contributed by atoms with E-state index in [4.69, 9.17) is 4.74 Å². The number of anilines is 2. The Balaban J connectivity index is 1.46. The van der Waals surface area contributed by atoms with Crippen LogP contribution in [0.2, 0.25) is 0 Å². The first-order chi connectivity index (χ1) is 13.5. The van der Waals surface area contributed by atoms with Crippen LogP contribution in [-0.2, 0) is 14.8 Å². The lowest BCUT2D eigenvalue weighted by Crippen LogP contribution is -2.49. The van der Waals surface area contributed by atoms with Gasteiger partial charge in [-0.1, -0.05) is 0 Å². The van der Waals surface area contributed by atoms with Gasteiger partial charge in [0.2, 0.25) is 10.0 Å². The Morgan fingerprint density at radius 2 is 1.57 bits per heavy atom. The second-order valence-corrected chi connectivity index (χ2v) is 8.86. The summed E-state index contributed by atoms with van der Waals surface area (Å²) < 4.78 is 32.9. The maximum Gasteiger partial charge on any atom is 0.246 e. The average Bonchev–Trinajstić information content (AvgIpc) is 3.08. The van der Waals surface area contributed by atoms with E-state index in [9.17, 15) is 8.42 Å². The van der Waals surface area contributed by atoms with Gasteiger partial charge in [0.05, 0.1) is 24.6 Å². The maximum atomic E-state index is 13.0. The number of hydrogen-bond acceptors (Lipinski definition) is 8. The summed E-state index contributed by atoms with van der Waals surface area (Å²) in [5.41, 5.74) is 1.08. The highest BCUT2D eigenvalue weighted by Gasteiger charge is 2.32. The van der Waals surface area contributed by atoms with E-state index in [1.807, 2.05) is 6.07 Å². The van der Waals surface area contributed by atoms with Crippen molar-refractivity contribution >= 4 is 21.7 Å². The maximum absolute atomic E-state index is 13.0. The summed E-state index contributed by atoms with van der Waals surface area (Å²) in [6.07, 6.45) is 1.57. The van der Waals surface area contributed by atoms with E-state index in [-0.39, 0.29) is 4.90 Å². The molecule has 0 unspecified atom stereocenters. The van der Waals surface area contributed by atoms with E-state index < -0.39 is 10.0 Å². The zero-order valence-electron chi connectivity index (χ0n) is 16.1. The molecule has 10 nitrogen and oxygen atoms in total. The number of hydrogen-bond donors (Lipinski definition) is 1. The van der Waals surface area contributed by atoms with Crippen LogP contribution in [0.4, 0.5) is 11.6 Å². The van der Waals surface area contributed by atoms with Crippen LogP contribution < -0.4 is 9.80 Å². The van der Waals surface area contributed by atoms with Gasteiger partial charge in [-0.2, -0.15) is 9.40 Å². The minimum absolute atomic E-state index is 0.289. The first kappa shape index (κ1) is 19.1. The standard InChI is InChI=1S/C17H25N7O3S/c1-13-17(14(2)21-20-13)28(25,26)24-5-3-22(4-6-24)15-11-16(19-12-18-15)23-7-9-27-10-8-23/h11-12H,3-10H2,1-2H3,(H,20,21). The molecule has 0 amide bonds. The number of aromatic nitrogens is 4. The molecule has 2 aliphatic rings. The second-order valence-electron chi connectivity index (χ2n) is 6.99. The van der Waals surface area contributed by atoms with Crippen molar-refractivity contribution in [2.75, 3.05) is 62.3 Å². The summed E-state index contributed by atoms with van der Waals surface area (Å²) in [6.45, 7) is 8.43. The summed E-state index contributed by atoms with van der Waals surface area (Å²) in [5, 5.41) is 6.78. The molecular weight excluding hydrogens is 382 g/mol. The summed E-state index contributed by atoms with van der Waals surface area (Å²) in [7, 11) is -3.55. The van der Waals surface area contributed by atoms with Gasteiger partial charge in [0.15, 0.2) is 0 Å². The SMILES string of the molecule is Cc1n[nH]c(C)c1S(=O)(=O)N1CCN(c2cc(N3CCOCC3)ncn2)CC1. The molecule has 0 aromatic carbocycles. The normalized spacial score (nSPS) is 19.2. The van der Waals surface area contributed by atoms with Crippen LogP contribution in [0.15, 0.2) is 17.3 Å². The fourth-order valence-corrected chi connectivity index (χ4v) is 5.44. The molecule has 2 aromatic rings. The Labute approximate surface area is 164 Å². The predicted octanol–water partition coefficient (Wildman–Crippen LogP) is 0.164. The van der Waals surface area contributed by atoms with Gasteiger partial charge in [0.25, 0.3) is 0 Å². The third-order valence-corrected chi connectivity index (χ3v) is 7.36. The molecule has 4 rings (SSSR count).